The Labute approximate surface area is 142 Å². The van der Waals surface area contributed by atoms with E-state index in [4.69, 9.17) is 0 Å². The van der Waals surface area contributed by atoms with Crippen LogP contribution in [0.5, 0.6) is 0 Å². The van der Waals surface area contributed by atoms with E-state index in [9.17, 15) is 9.59 Å². The summed E-state index contributed by atoms with van der Waals surface area (Å²) in [6, 6.07) is 9.69. The molecule has 1 N–H and O–H groups in total. The molecular formula is C20H24N2O2. The van der Waals surface area contributed by atoms with Crippen LogP contribution in [0, 0.1) is 17.8 Å². The molecule has 2 fully saturated rings. The lowest BCUT2D eigenvalue weighted by Crippen LogP contribution is -2.53. The van der Waals surface area contributed by atoms with Gasteiger partial charge in [0.25, 0.3) is 0 Å². The highest BCUT2D eigenvalue weighted by Gasteiger charge is 2.41. The first-order chi connectivity index (χ1) is 11.7. The summed E-state index contributed by atoms with van der Waals surface area (Å²) >= 11 is 0. The van der Waals surface area contributed by atoms with E-state index in [2.05, 4.69) is 17.5 Å². The lowest BCUT2D eigenvalue weighted by Gasteiger charge is -2.33. The molecule has 4 nitrogen and oxygen atoms in total. The number of piperidine rings is 1. The molecule has 24 heavy (non-hydrogen) atoms. The number of nitrogens with zero attached hydrogens (tertiary/aromatic N) is 1. The van der Waals surface area contributed by atoms with Crippen LogP contribution in [0.25, 0.3) is 0 Å². The molecule has 4 rings (SSSR count). The van der Waals surface area contributed by atoms with E-state index in [1.165, 1.54) is 0 Å². The van der Waals surface area contributed by atoms with E-state index in [0.717, 1.165) is 37.8 Å². The maximum absolute atomic E-state index is 12.7. The molecule has 0 spiro atoms. The summed E-state index contributed by atoms with van der Waals surface area (Å²) in [5, 5.41) is 3.05. The highest BCUT2D eigenvalue weighted by atomic mass is 16.2. The summed E-state index contributed by atoms with van der Waals surface area (Å²) in [5.41, 5.74) is 1.14. The number of fused-ring (bicyclic) bond motifs is 2. The zero-order valence-electron chi connectivity index (χ0n) is 13.9. The summed E-state index contributed by atoms with van der Waals surface area (Å²) < 4.78 is 0. The highest BCUT2D eigenvalue weighted by Crippen LogP contribution is 2.43. The standard InChI is InChI=1S/C20H24N2O2/c23-19(17-12-15-8-9-16(17)11-15)21-18-7-4-10-22(20(18)24)13-14-5-2-1-3-6-14/h1-3,5-6,8-9,15-18H,4,7,10-13H2,(H,21,23)/t15-,16-,17-,18-/m0/s1. The van der Waals surface area contributed by atoms with Crippen molar-refractivity contribution in [3.05, 3.63) is 48.0 Å². The molecule has 1 aromatic rings. The van der Waals surface area contributed by atoms with Crippen LogP contribution >= 0.6 is 0 Å². The topological polar surface area (TPSA) is 49.4 Å². The second kappa shape index (κ2) is 6.42. The minimum atomic E-state index is -0.349. The normalized spacial score (nSPS) is 31.5. The third-order valence-electron chi connectivity index (χ3n) is 5.68. The van der Waals surface area contributed by atoms with Gasteiger partial charge in [-0.05, 0) is 43.1 Å². The first-order valence-electron chi connectivity index (χ1n) is 9.02. The van der Waals surface area contributed by atoms with E-state index in [-0.39, 0.29) is 23.8 Å². The molecule has 4 heteroatoms. The van der Waals surface area contributed by atoms with Crippen molar-refractivity contribution in [2.24, 2.45) is 17.8 Å². The van der Waals surface area contributed by atoms with Gasteiger partial charge in [0, 0.05) is 19.0 Å². The van der Waals surface area contributed by atoms with Crippen LogP contribution in [-0.2, 0) is 16.1 Å². The number of carbonyl (C=O) groups excluding carboxylic acids is 2. The Hall–Kier alpha value is -2.10. The Kier molecular flexibility index (Phi) is 4.13. The number of nitrogens with one attached hydrogen (secondary N) is 1. The van der Waals surface area contributed by atoms with Gasteiger partial charge in [0.05, 0.1) is 0 Å². The summed E-state index contributed by atoms with van der Waals surface area (Å²) in [5.74, 6) is 1.16. The number of carbonyl (C=O) groups is 2. The molecule has 1 aromatic carbocycles. The molecule has 1 aliphatic heterocycles. The molecule has 1 saturated carbocycles. The number of rotatable bonds is 4. The second-order valence-electron chi connectivity index (χ2n) is 7.34. The number of hydrogen-bond acceptors (Lipinski definition) is 2. The Bertz CT molecular complexity index is 655. The fourth-order valence-corrected chi connectivity index (χ4v) is 4.40. The maximum Gasteiger partial charge on any atom is 0.245 e. The van der Waals surface area contributed by atoms with Crippen LogP contribution in [0.15, 0.2) is 42.5 Å². The van der Waals surface area contributed by atoms with Crippen molar-refractivity contribution in [3.63, 3.8) is 0 Å². The third kappa shape index (κ3) is 2.97. The van der Waals surface area contributed by atoms with Gasteiger partial charge in [-0.1, -0.05) is 42.5 Å². The molecule has 3 aliphatic rings. The van der Waals surface area contributed by atoms with E-state index in [0.29, 0.717) is 18.4 Å². The van der Waals surface area contributed by atoms with Crippen molar-refractivity contribution in [2.45, 2.75) is 38.3 Å². The molecule has 2 amide bonds. The fraction of sp³-hybridized carbons (Fsp3) is 0.500. The van der Waals surface area contributed by atoms with Crippen molar-refractivity contribution in [1.29, 1.82) is 0 Å². The Morgan fingerprint density at radius 3 is 2.71 bits per heavy atom. The van der Waals surface area contributed by atoms with Crippen LogP contribution in [0.2, 0.25) is 0 Å². The second-order valence-corrected chi connectivity index (χ2v) is 7.34. The molecule has 4 atom stereocenters. The van der Waals surface area contributed by atoms with Gasteiger partial charge in [0.2, 0.25) is 11.8 Å². The van der Waals surface area contributed by atoms with Crippen LogP contribution in [0.3, 0.4) is 0 Å². The average molecular weight is 324 g/mol. The summed E-state index contributed by atoms with van der Waals surface area (Å²) in [4.78, 5) is 27.2. The number of allylic oxidation sites excluding steroid dienone is 2. The molecule has 0 unspecified atom stereocenters. The summed E-state index contributed by atoms with van der Waals surface area (Å²) in [6.45, 7) is 1.40. The molecule has 0 aromatic heterocycles. The van der Waals surface area contributed by atoms with Crippen molar-refractivity contribution < 1.29 is 9.59 Å². The van der Waals surface area contributed by atoms with Gasteiger partial charge >= 0.3 is 0 Å². The highest BCUT2D eigenvalue weighted by molar-refractivity contribution is 5.89. The number of amides is 2. The van der Waals surface area contributed by atoms with Gasteiger partial charge < -0.3 is 10.2 Å². The zero-order valence-corrected chi connectivity index (χ0v) is 13.9. The molecule has 126 valence electrons. The van der Waals surface area contributed by atoms with Gasteiger partial charge in [-0.2, -0.15) is 0 Å². The fourth-order valence-electron chi connectivity index (χ4n) is 4.40. The Morgan fingerprint density at radius 2 is 2.00 bits per heavy atom. The monoisotopic (exact) mass is 324 g/mol. The quantitative estimate of drug-likeness (QED) is 0.865. The van der Waals surface area contributed by atoms with Gasteiger partial charge in [0.1, 0.15) is 6.04 Å². The summed E-state index contributed by atoms with van der Waals surface area (Å²) in [6.07, 6.45) is 8.18. The van der Waals surface area contributed by atoms with E-state index in [1.807, 2.05) is 35.2 Å². The van der Waals surface area contributed by atoms with E-state index < -0.39 is 0 Å². The van der Waals surface area contributed by atoms with Gasteiger partial charge in [-0.15, -0.1) is 0 Å². The minimum absolute atomic E-state index is 0.0668. The summed E-state index contributed by atoms with van der Waals surface area (Å²) in [7, 11) is 0. The first kappa shape index (κ1) is 15.4. The average Bonchev–Trinajstić information content (AvgIpc) is 3.23. The van der Waals surface area contributed by atoms with Crippen molar-refractivity contribution >= 4 is 11.8 Å². The van der Waals surface area contributed by atoms with Crippen LogP contribution in [-0.4, -0.2) is 29.3 Å². The van der Waals surface area contributed by atoms with Crippen molar-refractivity contribution in [2.75, 3.05) is 6.54 Å². The van der Waals surface area contributed by atoms with Gasteiger partial charge in [0.15, 0.2) is 0 Å². The largest absolute Gasteiger partial charge is 0.344 e. The third-order valence-corrected chi connectivity index (χ3v) is 5.68. The predicted molar refractivity (Wildman–Crippen MR) is 91.9 cm³/mol. The van der Waals surface area contributed by atoms with Crippen LogP contribution in [0.4, 0.5) is 0 Å². The molecule has 0 radical (unpaired) electrons. The first-order valence-corrected chi connectivity index (χ1v) is 9.02. The maximum atomic E-state index is 12.7. The van der Waals surface area contributed by atoms with Crippen LogP contribution < -0.4 is 5.32 Å². The lowest BCUT2D eigenvalue weighted by molar-refractivity contribution is -0.140. The van der Waals surface area contributed by atoms with Crippen LogP contribution in [0.1, 0.15) is 31.2 Å². The number of likely N-dealkylation sites (tertiary alicyclic amines) is 1. The molecule has 1 saturated heterocycles. The molecular weight excluding hydrogens is 300 g/mol. The number of hydrogen-bond donors (Lipinski definition) is 1. The Morgan fingerprint density at radius 1 is 1.17 bits per heavy atom. The van der Waals surface area contributed by atoms with Crippen molar-refractivity contribution in [3.8, 4) is 0 Å². The Balaban J connectivity index is 1.37. The van der Waals surface area contributed by atoms with E-state index >= 15 is 0 Å². The SMILES string of the molecule is O=C(N[C@H]1CCCN(Cc2ccccc2)C1=O)[C@H]1C[C@H]2C=C[C@H]1C2. The zero-order chi connectivity index (χ0) is 16.5. The van der Waals surface area contributed by atoms with Crippen molar-refractivity contribution in [1.82, 2.24) is 10.2 Å². The van der Waals surface area contributed by atoms with Gasteiger partial charge in [-0.25, -0.2) is 0 Å². The number of benzene rings is 1. The lowest BCUT2D eigenvalue weighted by atomic mass is 9.92. The predicted octanol–water partition coefficient (Wildman–Crippen LogP) is 2.51. The minimum Gasteiger partial charge on any atom is -0.344 e. The molecule has 2 aliphatic carbocycles. The molecule has 1 heterocycles. The molecule has 2 bridgehead atoms. The van der Waals surface area contributed by atoms with E-state index in [1.54, 1.807) is 0 Å². The smallest absolute Gasteiger partial charge is 0.245 e. The van der Waals surface area contributed by atoms with Gasteiger partial charge in [-0.3, -0.25) is 9.59 Å².